The van der Waals surface area contributed by atoms with Gasteiger partial charge in [-0.05, 0) is 18.2 Å². The molecule has 2 aromatic heterocycles. The van der Waals surface area contributed by atoms with Crippen LogP contribution in [0.5, 0.6) is 0 Å². The van der Waals surface area contributed by atoms with Crippen LogP contribution >= 0.6 is 0 Å². The van der Waals surface area contributed by atoms with Gasteiger partial charge in [0.05, 0.1) is 5.69 Å². The van der Waals surface area contributed by atoms with Gasteiger partial charge in [-0.1, -0.05) is 12.1 Å². The highest BCUT2D eigenvalue weighted by Crippen LogP contribution is 2.17. The minimum absolute atomic E-state index is 0.208. The summed E-state index contributed by atoms with van der Waals surface area (Å²) in [5.41, 5.74) is 2.42. The van der Waals surface area contributed by atoms with Crippen LogP contribution in [0.15, 0.2) is 53.8 Å². The second kappa shape index (κ2) is 4.25. The van der Waals surface area contributed by atoms with E-state index in [2.05, 4.69) is 20.4 Å². The highest BCUT2D eigenvalue weighted by atomic mass is 16.1. The van der Waals surface area contributed by atoms with Gasteiger partial charge < -0.3 is 0 Å². The van der Waals surface area contributed by atoms with E-state index in [0.717, 1.165) is 16.9 Å². The highest BCUT2D eigenvalue weighted by Gasteiger charge is 2.00. The number of H-pyrrole nitrogens is 1. The first-order chi connectivity index (χ1) is 8.83. The first-order valence-electron chi connectivity index (χ1n) is 5.34. The van der Waals surface area contributed by atoms with Gasteiger partial charge in [0.25, 0.3) is 5.56 Å². The molecule has 18 heavy (non-hydrogen) atoms. The fourth-order valence-electron chi connectivity index (χ4n) is 1.64. The van der Waals surface area contributed by atoms with Gasteiger partial charge >= 0.3 is 0 Å². The van der Waals surface area contributed by atoms with Crippen LogP contribution in [0.25, 0.3) is 16.9 Å². The summed E-state index contributed by atoms with van der Waals surface area (Å²) in [6.45, 7) is 0. The minimum atomic E-state index is -0.208. The summed E-state index contributed by atoms with van der Waals surface area (Å²) in [7, 11) is 0. The lowest BCUT2D eigenvalue weighted by Gasteiger charge is -2.03. The second-order valence-electron chi connectivity index (χ2n) is 3.72. The second-order valence-corrected chi connectivity index (χ2v) is 3.72. The SMILES string of the molecule is O=c1ccc(-c2ccc(-n3cnnc3)cc2)n[nH]1. The molecule has 0 aliphatic carbocycles. The number of nitrogens with one attached hydrogen (secondary N) is 1. The van der Waals surface area contributed by atoms with E-state index in [1.807, 2.05) is 28.8 Å². The fraction of sp³-hybridized carbons (Fsp3) is 0. The average Bonchev–Trinajstić information content (AvgIpc) is 2.94. The van der Waals surface area contributed by atoms with E-state index >= 15 is 0 Å². The summed E-state index contributed by atoms with van der Waals surface area (Å²) in [5.74, 6) is 0. The quantitative estimate of drug-likeness (QED) is 0.724. The largest absolute Gasteiger partial charge is 0.288 e. The lowest BCUT2D eigenvalue weighted by atomic mass is 10.1. The Morgan fingerprint density at radius 1 is 0.944 bits per heavy atom. The fourth-order valence-corrected chi connectivity index (χ4v) is 1.64. The number of nitrogens with zero attached hydrogens (tertiary/aromatic N) is 4. The Hall–Kier alpha value is -2.76. The predicted molar refractivity (Wildman–Crippen MR) is 65.2 cm³/mol. The predicted octanol–water partition coefficient (Wildman–Crippen LogP) is 1.02. The molecule has 1 aromatic carbocycles. The van der Waals surface area contributed by atoms with Crippen LogP contribution < -0.4 is 5.56 Å². The van der Waals surface area contributed by atoms with E-state index in [9.17, 15) is 4.79 Å². The monoisotopic (exact) mass is 239 g/mol. The molecule has 0 radical (unpaired) electrons. The molecule has 6 heteroatoms. The third-order valence-corrected chi connectivity index (χ3v) is 2.56. The number of hydrogen-bond acceptors (Lipinski definition) is 4. The minimum Gasteiger partial charge on any atom is -0.288 e. The van der Waals surface area contributed by atoms with Crippen LogP contribution in [-0.2, 0) is 0 Å². The molecule has 0 aliphatic heterocycles. The zero-order valence-electron chi connectivity index (χ0n) is 9.32. The van der Waals surface area contributed by atoms with Crippen molar-refractivity contribution < 1.29 is 0 Å². The Labute approximate surface area is 102 Å². The van der Waals surface area contributed by atoms with Gasteiger partial charge in [0, 0.05) is 17.3 Å². The molecule has 0 atom stereocenters. The van der Waals surface area contributed by atoms with Gasteiger partial charge in [0.2, 0.25) is 0 Å². The summed E-state index contributed by atoms with van der Waals surface area (Å²) in [6.07, 6.45) is 3.26. The van der Waals surface area contributed by atoms with Crippen LogP contribution in [-0.4, -0.2) is 25.0 Å². The van der Waals surface area contributed by atoms with Crippen molar-refractivity contribution in [2.24, 2.45) is 0 Å². The molecule has 1 N–H and O–H groups in total. The molecule has 0 aliphatic rings. The summed E-state index contributed by atoms with van der Waals surface area (Å²) >= 11 is 0. The standard InChI is InChI=1S/C12H9N5O/c18-12-6-5-11(15-16-12)9-1-3-10(4-2-9)17-7-13-14-8-17/h1-8H,(H,16,18). The first-order valence-corrected chi connectivity index (χ1v) is 5.34. The topological polar surface area (TPSA) is 76.5 Å². The summed E-state index contributed by atoms with van der Waals surface area (Å²) < 4.78 is 1.81. The maximum absolute atomic E-state index is 10.9. The Morgan fingerprint density at radius 2 is 1.67 bits per heavy atom. The van der Waals surface area contributed by atoms with E-state index in [0.29, 0.717) is 0 Å². The molecule has 88 valence electrons. The number of aromatic amines is 1. The van der Waals surface area contributed by atoms with Gasteiger partial charge in [-0.2, -0.15) is 5.10 Å². The smallest absolute Gasteiger partial charge is 0.264 e. The van der Waals surface area contributed by atoms with E-state index in [1.165, 1.54) is 6.07 Å². The van der Waals surface area contributed by atoms with Gasteiger partial charge in [-0.3, -0.25) is 9.36 Å². The molecular formula is C12H9N5O. The summed E-state index contributed by atoms with van der Waals surface area (Å²) in [5, 5.41) is 13.9. The van der Waals surface area contributed by atoms with E-state index in [4.69, 9.17) is 0 Å². The Morgan fingerprint density at radius 3 is 2.28 bits per heavy atom. The molecule has 0 saturated carbocycles. The van der Waals surface area contributed by atoms with Crippen molar-refractivity contribution in [1.82, 2.24) is 25.0 Å². The average molecular weight is 239 g/mol. The van der Waals surface area contributed by atoms with Gasteiger partial charge in [-0.15, -0.1) is 10.2 Å². The Kier molecular flexibility index (Phi) is 2.45. The van der Waals surface area contributed by atoms with Gasteiger partial charge in [0.15, 0.2) is 0 Å². The lowest BCUT2D eigenvalue weighted by Crippen LogP contribution is -2.05. The van der Waals surface area contributed by atoms with Crippen molar-refractivity contribution in [3.63, 3.8) is 0 Å². The van der Waals surface area contributed by atoms with Crippen LogP contribution in [0, 0.1) is 0 Å². The molecule has 0 unspecified atom stereocenters. The molecule has 3 aromatic rings. The van der Waals surface area contributed by atoms with Gasteiger partial charge in [0.1, 0.15) is 12.7 Å². The molecule has 0 fully saturated rings. The Balaban J connectivity index is 1.96. The highest BCUT2D eigenvalue weighted by molar-refractivity contribution is 5.59. The zero-order chi connectivity index (χ0) is 12.4. The first kappa shape index (κ1) is 10.4. The van der Waals surface area contributed by atoms with Crippen LogP contribution in [0.1, 0.15) is 0 Å². The van der Waals surface area contributed by atoms with Crippen molar-refractivity contribution in [2.75, 3.05) is 0 Å². The maximum Gasteiger partial charge on any atom is 0.264 e. The molecule has 6 nitrogen and oxygen atoms in total. The third kappa shape index (κ3) is 1.91. The summed E-state index contributed by atoms with van der Waals surface area (Å²) in [4.78, 5) is 10.9. The van der Waals surface area contributed by atoms with Crippen LogP contribution in [0.3, 0.4) is 0 Å². The van der Waals surface area contributed by atoms with Crippen molar-refractivity contribution in [1.29, 1.82) is 0 Å². The number of hydrogen-bond donors (Lipinski definition) is 1. The maximum atomic E-state index is 10.9. The van der Waals surface area contributed by atoms with E-state index < -0.39 is 0 Å². The molecular weight excluding hydrogens is 230 g/mol. The normalized spacial score (nSPS) is 10.4. The molecule has 0 amide bonds. The van der Waals surface area contributed by atoms with E-state index in [1.54, 1.807) is 18.7 Å². The van der Waals surface area contributed by atoms with Crippen molar-refractivity contribution in [3.05, 3.63) is 59.4 Å². The molecule has 3 rings (SSSR count). The number of rotatable bonds is 2. The number of benzene rings is 1. The van der Waals surface area contributed by atoms with Crippen molar-refractivity contribution >= 4 is 0 Å². The molecule has 0 saturated heterocycles. The summed E-state index contributed by atoms with van der Waals surface area (Å²) in [6, 6.07) is 10.9. The van der Waals surface area contributed by atoms with Gasteiger partial charge in [-0.25, -0.2) is 5.10 Å². The molecule has 2 heterocycles. The van der Waals surface area contributed by atoms with Crippen molar-refractivity contribution in [2.45, 2.75) is 0 Å². The number of aromatic nitrogens is 5. The van der Waals surface area contributed by atoms with E-state index in [-0.39, 0.29) is 5.56 Å². The zero-order valence-corrected chi connectivity index (χ0v) is 9.32. The third-order valence-electron chi connectivity index (χ3n) is 2.56. The molecule has 0 spiro atoms. The lowest BCUT2D eigenvalue weighted by molar-refractivity contribution is 0.994. The van der Waals surface area contributed by atoms with Crippen LogP contribution in [0.2, 0.25) is 0 Å². The van der Waals surface area contributed by atoms with Crippen molar-refractivity contribution in [3.8, 4) is 16.9 Å². The molecule has 0 bridgehead atoms. The Bertz CT molecular complexity index is 680. The van der Waals surface area contributed by atoms with Crippen LogP contribution in [0.4, 0.5) is 0 Å².